The van der Waals surface area contributed by atoms with Crippen molar-refractivity contribution in [1.29, 1.82) is 0 Å². The zero-order chi connectivity index (χ0) is 14.0. The minimum atomic E-state index is -0.546. The number of aromatic nitrogens is 2. The first-order valence-electron chi connectivity index (χ1n) is 6.17. The van der Waals surface area contributed by atoms with E-state index in [2.05, 4.69) is 5.10 Å². The molecule has 2 aromatic rings. The number of rotatable bonds is 4. The average Bonchev–Trinajstić information content (AvgIpc) is 2.80. The lowest BCUT2D eigenvalue weighted by molar-refractivity contribution is 0.199. The number of halogens is 1. The maximum Gasteiger partial charge on any atom is 0.165 e. The summed E-state index contributed by atoms with van der Waals surface area (Å²) in [6.07, 6.45) is 2.93. The largest absolute Gasteiger partial charge is 0.452 e. The summed E-state index contributed by atoms with van der Waals surface area (Å²) in [5.41, 5.74) is 0.759. The van der Waals surface area contributed by atoms with Gasteiger partial charge in [0.2, 0.25) is 0 Å². The van der Waals surface area contributed by atoms with E-state index < -0.39 is 6.10 Å². The number of hydrogen-bond donors (Lipinski definition) is 1. The van der Waals surface area contributed by atoms with Gasteiger partial charge in [0.05, 0.1) is 23.5 Å². The number of aliphatic hydroxyl groups excluding tert-OH is 1. The molecule has 1 N–H and O–H groups in total. The minimum absolute atomic E-state index is 0.283. The Morgan fingerprint density at radius 2 is 2.05 bits per heavy atom. The van der Waals surface area contributed by atoms with Crippen LogP contribution in [0.5, 0.6) is 11.5 Å². The quantitative estimate of drug-likeness (QED) is 0.922. The molecule has 0 fully saturated rings. The van der Waals surface area contributed by atoms with Crippen LogP contribution in [0, 0.1) is 0 Å². The summed E-state index contributed by atoms with van der Waals surface area (Å²) < 4.78 is 7.49. The lowest BCUT2D eigenvalue weighted by atomic mass is 10.1. The highest BCUT2D eigenvalue weighted by molar-refractivity contribution is 6.32. The van der Waals surface area contributed by atoms with E-state index in [-0.39, 0.29) is 6.04 Å². The molecule has 4 nitrogen and oxygen atoms in total. The van der Waals surface area contributed by atoms with Gasteiger partial charge in [0, 0.05) is 6.04 Å². The van der Waals surface area contributed by atoms with Crippen molar-refractivity contribution in [3.05, 3.63) is 41.2 Å². The summed E-state index contributed by atoms with van der Waals surface area (Å²) in [7, 11) is 0. The van der Waals surface area contributed by atoms with Gasteiger partial charge in [-0.15, -0.1) is 0 Å². The maximum atomic E-state index is 9.48. The van der Waals surface area contributed by atoms with Crippen LogP contribution in [0.1, 0.15) is 38.5 Å². The van der Waals surface area contributed by atoms with Crippen molar-refractivity contribution in [1.82, 2.24) is 9.78 Å². The minimum Gasteiger partial charge on any atom is -0.452 e. The highest BCUT2D eigenvalue weighted by atomic mass is 35.5. The number of nitrogens with zero attached hydrogens (tertiary/aromatic N) is 2. The van der Waals surface area contributed by atoms with E-state index in [1.165, 1.54) is 0 Å². The molecule has 0 saturated heterocycles. The first-order valence-corrected chi connectivity index (χ1v) is 6.54. The van der Waals surface area contributed by atoms with Crippen LogP contribution in [0.25, 0.3) is 0 Å². The molecule has 1 heterocycles. The topological polar surface area (TPSA) is 47.3 Å². The second-order valence-corrected chi connectivity index (χ2v) is 5.12. The van der Waals surface area contributed by atoms with Crippen LogP contribution in [-0.4, -0.2) is 14.9 Å². The fourth-order valence-electron chi connectivity index (χ4n) is 1.64. The van der Waals surface area contributed by atoms with Crippen LogP contribution < -0.4 is 4.74 Å². The molecule has 0 saturated carbocycles. The number of aliphatic hydroxyl groups is 1. The van der Waals surface area contributed by atoms with Gasteiger partial charge in [-0.3, -0.25) is 4.68 Å². The Labute approximate surface area is 117 Å². The SMILES string of the molecule is CC(C)n1cc(Oc2ccc([C@H](C)O)cc2Cl)cn1. The molecule has 0 aliphatic carbocycles. The molecule has 5 heteroatoms. The Morgan fingerprint density at radius 1 is 1.32 bits per heavy atom. The normalized spacial score (nSPS) is 12.7. The van der Waals surface area contributed by atoms with E-state index in [0.29, 0.717) is 16.5 Å². The maximum absolute atomic E-state index is 9.48. The molecule has 2 rings (SSSR count). The average molecular weight is 281 g/mol. The van der Waals surface area contributed by atoms with Gasteiger partial charge >= 0.3 is 0 Å². The lowest BCUT2D eigenvalue weighted by Gasteiger charge is -2.09. The highest BCUT2D eigenvalue weighted by Crippen LogP contribution is 2.31. The van der Waals surface area contributed by atoms with Gasteiger partial charge in [-0.05, 0) is 38.5 Å². The predicted molar refractivity (Wildman–Crippen MR) is 74.8 cm³/mol. The van der Waals surface area contributed by atoms with E-state index in [4.69, 9.17) is 16.3 Å². The molecule has 1 aromatic heterocycles. The standard InChI is InChI=1S/C14H17ClN2O2/c1-9(2)17-8-12(7-16-17)19-14-5-4-11(10(3)18)6-13(14)15/h4-10,18H,1-3H3/t10-/m0/s1. The highest BCUT2D eigenvalue weighted by Gasteiger charge is 2.09. The van der Waals surface area contributed by atoms with Crippen LogP contribution in [0.2, 0.25) is 5.02 Å². The fraction of sp³-hybridized carbons (Fsp3) is 0.357. The molecule has 0 radical (unpaired) electrons. The molecule has 19 heavy (non-hydrogen) atoms. The van der Waals surface area contributed by atoms with Crippen LogP contribution in [-0.2, 0) is 0 Å². The first-order chi connectivity index (χ1) is 8.97. The molecular formula is C14H17ClN2O2. The molecular weight excluding hydrogens is 264 g/mol. The zero-order valence-corrected chi connectivity index (χ0v) is 11.9. The van der Waals surface area contributed by atoms with Crippen molar-refractivity contribution in [2.45, 2.75) is 32.9 Å². The smallest absolute Gasteiger partial charge is 0.165 e. The molecule has 0 bridgehead atoms. The van der Waals surface area contributed by atoms with Gasteiger partial charge in [0.1, 0.15) is 5.75 Å². The second-order valence-electron chi connectivity index (χ2n) is 4.72. The predicted octanol–water partition coefficient (Wildman–Crippen LogP) is 3.96. The van der Waals surface area contributed by atoms with E-state index in [0.717, 1.165) is 5.56 Å². The van der Waals surface area contributed by atoms with E-state index >= 15 is 0 Å². The van der Waals surface area contributed by atoms with Gasteiger partial charge in [-0.1, -0.05) is 17.7 Å². The summed E-state index contributed by atoms with van der Waals surface area (Å²) in [5, 5.41) is 14.1. The van der Waals surface area contributed by atoms with Crippen molar-refractivity contribution >= 4 is 11.6 Å². The van der Waals surface area contributed by atoms with Crippen molar-refractivity contribution in [3.63, 3.8) is 0 Å². The first kappa shape index (κ1) is 13.9. The third-order valence-electron chi connectivity index (χ3n) is 2.77. The van der Waals surface area contributed by atoms with Crippen LogP contribution in [0.4, 0.5) is 0 Å². The summed E-state index contributed by atoms with van der Waals surface area (Å²) in [6, 6.07) is 5.52. The van der Waals surface area contributed by atoms with E-state index in [1.807, 2.05) is 24.7 Å². The van der Waals surface area contributed by atoms with Crippen LogP contribution >= 0.6 is 11.6 Å². The Morgan fingerprint density at radius 3 is 2.58 bits per heavy atom. The molecule has 0 amide bonds. The molecule has 0 aliphatic heterocycles. The Kier molecular flexibility index (Phi) is 4.12. The number of ether oxygens (including phenoxy) is 1. The second kappa shape index (κ2) is 5.63. The lowest BCUT2D eigenvalue weighted by Crippen LogP contribution is -1.99. The molecule has 102 valence electrons. The third-order valence-corrected chi connectivity index (χ3v) is 3.07. The summed E-state index contributed by atoms with van der Waals surface area (Å²) in [5.74, 6) is 1.19. The van der Waals surface area contributed by atoms with Gasteiger partial charge in [-0.25, -0.2) is 0 Å². The van der Waals surface area contributed by atoms with E-state index in [9.17, 15) is 5.11 Å². The summed E-state index contributed by atoms with van der Waals surface area (Å²) in [6.45, 7) is 5.78. The van der Waals surface area contributed by atoms with E-state index in [1.54, 1.807) is 31.3 Å². The van der Waals surface area contributed by atoms with Gasteiger partial charge in [0.25, 0.3) is 0 Å². The molecule has 1 atom stereocenters. The van der Waals surface area contributed by atoms with Gasteiger partial charge in [-0.2, -0.15) is 5.10 Å². The molecule has 0 aliphatic rings. The Hall–Kier alpha value is -1.52. The van der Waals surface area contributed by atoms with Gasteiger partial charge in [0.15, 0.2) is 5.75 Å². The monoisotopic (exact) mass is 280 g/mol. The number of benzene rings is 1. The number of hydrogen-bond acceptors (Lipinski definition) is 3. The van der Waals surface area contributed by atoms with Crippen molar-refractivity contribution < 1.29 is 9.84 Å². The zero-order valence-electron chi connectivity index (χ0n) is 11.2. The van der Waals surface area contributed by atoms with Crippen molar-refractivity contribution in [3.8, 4) is 11.5 Å². The fourth-order valence-corrected chi connectivity index (χ4v) is 1.87. The summed E-state index contributed by atoms with van der Waals surface area (Å²) in [4.78, 5) is 0. The van der Waals surface area contributed by atoms with Crippen molar-refractivity contribution in [2.75, 3.05) is 0 Å². The van der Waals surface area contributed by atoms with Crippen LogP contribution in [0.15, 0.2) is 30.6 Å². The third kappa shape index (κ3) is 3.28. The molecule has 0 unspecified atom stereocenters. The van der Waals surface area contributed by atoms with Crippen LogP contribution in [0.3, 0.4) is 0 Å². The summed E-state index contributed by atoms with van der Waals surface area (Å²) >= 11 is 6.13. The molecule has 0 spiro atoms. The van der Waals surface area contributed by atoms with Crippen molar-refractivity contribution in [2.24, 2.45) is 0 Å². The Bertz CT molecular complexity index is 564. The van der Waals surface area contributed by atoms with Gasteiger partial charge < -0.3 is 9.84 Å². The molecule has 1 aromatic carbocycles. The Balaban J connectivity index is 2.18.